The number of aromatic nitrogens is 2. The zero-order valence-electron chi connectivity index (χ0n) is 13.4. The van der Waals surface area contributed by atoms with E-state index in [-0.39, 0.29) is 12.4 Å². The predicted octanol–water partition coefficient (Wildman–Crippen LogP) is 3.85. The van der Waals surface area contributed by atoms with E-state index < -0.39 is 0 Å². The van der Waals surface area contributed by atoms with Gasteiger partial charge in [0.05, 0.1) is 11.7 Å². The molecule has 0 bridgehead atoms. The van der Waals surface area contributed by atoms with Gasteiger partial charge < -0.3 is 10.1 Å². The lowest BCUT2D eigenvalue weighted by molar-refractivity contribution is 0.134. The first-order chi connectivity index (χ1) is 10.3. The Kier molecular flexibility index (Phi) is 6.09. The van der Waals surface area contributed by atoms with Crippen molar-refractivity contribution in [2.75, 3.05) is 6.54 Å². The Hall–Kier alpha value is -1.26. The summed E-state index contributed by atoms with van der Waals surface area (Å²) in [6, 6.07) is 4.77. The Labute approximate surface area is 138 Å². The van der Waals surface area contributed by atoms with Crippen LogP contribution in [0, 0.1) is 0 Å². The van der Waals surface area contributed by atoms with Gasteiger partial charge in [-0.15, -0.1) is 12.4 Å². The lowest BCUT2D eigenvalue weighted by atomic mass is 9.92. The number of nitrogens with one attached hydrogen (secondary N) is 2. The van der Waals surface area contributed by atoms with Gasteiger partial charge in [0.25, 0.3) is 0 Å². The quantitative estimate of drug-likeness (QED) is 0.878. The van der Waals surface area contributed by atoms with Crippen LogP contribution < -0.4 is 10.1 Å². The van der Waals surface area contributed by atoms with Crippen LogP contribution in [0.4, 0.5) is 0 Å². The Morgan fingerprint density at radius 1 is 1.32 bits per heavy atom. The SMILES string of the molecule is CCN[C@@H]1CCC[C@@H](Oc2ccc3[nH]ncc3c2CC)C1.Cl. The normalized spacial score (nSPS) is 21.5. The van der Waals surface area contributed by atoms with Crippen LogP contribution in [0.3, 0.4) is 0 Å². The number of benzene rings is 1. The van der Waals surface area contributed by atoms with Crippen LogP contribution in [0.5, 0.6) is 5.75 Å². The summed E-state index contributed by atoms with van der Waals surface area (Å²) >= 11 is 0. The molecule has 1 fully saturated rings. The molecule has 2 aromatic rings. The van der Waals surface area contributed by atoms with Crippen molar-refractivity contribution >= 4 is 23.3 Å². The number of ether oxygens (including phenoxy) is 1. The first-order valence-corrected chi connectivity index (χ1v) is 8.16. The summed E-state index contributed by atoms with van der Waals surface area (Å²) in [6.07, 6.45) is 8.00. The molecule has 5 heteroatoms. The Balaban J connectivity index is 0.00000176. The second-order valence-electron chi connectivity index (χ2n) is 5.89. The largest absolute Gasteiger partial charge is 0.490 e. The van der Waals surface area contributed by atoms with E-state index in [2.05, 4.69) is 41.5 Å². The van der Waals surface area contributed by atoms with Crippen LogP contribution in [-0.2, 0) is 6.42 Å². The third-order valence-corrected chi connectivity index (χ3v) is 4.46. The van der Waals surface area contributed by atoms with Crippen molar-refractivity contribution in [3.8, 4) is 5.75 Å². The van der Waals surface area contributed by atoms with E-state index in [0.717, 1.165) is 37.1 Å². The number of nitrogens with zero attached hydrogens (tertiary/aromatic N) is 1. The van der Waals surface area contributed by atoms with Crippen LogP contribution in [0.15, 0.2) is 18.3 Å². The molecule has 3 rings (SSSR count). The van der Waals surface area contributed by atoms with Crippen molar-refractivity contribution in [1.82, 2.24) is 15.5 Å². The van der Waals surface area contributed by atoms with Crippen molar-refractivity contribution < 1.29 is 4.74 Å². The zero-order valence-corrected chi connectivity index (χ0v) is 14.2. The standard InChI is InChI=1S/C17H25N3O.ClH/c1-3-14-15-11-19-20-16(15)8-9-17(14)21-13-7-5-6-12(10-13)18-4-2;/h8-9,11-13,18H,3-7,10H2,1-2H3,(H,19,20);1H/t12-,13-;/m1./s1. The van der Waals surface area contributed by atoms with E-state index >= 15 is 0 Å². The molecule has 0 amide bonds. The van der Waals surface area contributed by atoms with Crippen molar-refractivity contribution in [3.63, 3.8) is 0 Å². The van der Waals surface area contributed by atoms with Crippen LogP contribution in [0.25, 0.3) is 10.9 Å². The minimum Gasteiger partial charge on any atom is -0.490 e. The second kappa shape index (κ2) is 7.84. The van der Waals surface area contributed by atoms with Gasteiger partial charge in [-0.1, -0.05) is 13.8 Å². The molecular formula is C17H26ClN3O. The molecule has 1 aromatic heterocycles. The Morgan fingerprint density at radius 3 is 2.95 bits per heavy atom. The van der Waals surface area contributed by atoms with Crippen LogP contribution in [0.1, 0.15) is 45.1 Å². The average Bonchev–Trinajstić information content (AvgIpc) is 2.96. The summed E-state index contributed by atoms with van der Waals surface area (Å²) in [5.41, 5.74) is 2.36. The van der Waals surface area contributed by atoms with Gasteiger partial charge in [0.2, 0.25) is 0 Å². The molecule has 0 aliphatic heterocycles. The summed E-state index contributed by atoms with van der Waals surface area (Å²) in [7, 11) is 0. The number of halogens is 1. The first-order valence-electron chi connectivity index (χ1n) is 8.16. The van der Waals surface area contributed by atoms with E-state index in [1.807, 2.05) is 6.20 Å². The van der Waals surface area contributed by atoms with Gasteiger partial charge in [-0.05, 0) is 50.8 Å². The fourth-order valence-electron chi connectivity index (χ4n) is 3.44. The van der Waals surface area contributed by atoms with Gasteiger partial charge >= 0.3 is 0 Å². The Morgan fingerprint density at radius 2 is 2.18 bits per heavy atom. The number of rotatable bonds is 5. The number of aromatic amines is 1. The maximum atomic E-state index is 6.35. The number of hydrogen-bond donors (Lipinski definition) is 2. The van der Waals surface area contributed by atoms with Crippen molar-refractivity contribution in [2.24, 2.45) is 0 Å². The summed E-state index contributed by atoms with van der Waals surface area (Å²) in [5.74, 6) is 1.04. The van der Waals surface area contributed by atoms with Crippen molar-refractivity contribution in [1.29, 1.82) is 0 Å². The molecule has 1 heterocycles. The molecule has 122 valence electrons. The van der Waals surface area contributed by atoms with Gasteiger partial charge in [0.1, 0.15) is 11.9 Å². The number of fused-ring (bicyclic) bond motifs is 1. The molecule has 0 radical (unpaired) electrons. The van der Waals surface area contributed by atoms with E-state index in [9.17, 15) is 0 Å². The highest BCUT2D eigenvalue weighted by molar-refractivity contribution is 5.85. The number of H-pyrrole nitrogens is 1. The molecule has 1 saturated carbocycles. The highest BCUT2D eigenvalue weighted by Gasteiger charge is 2.23. The first kappa shape index (κ1) is 17.1. The van der Waals surface area contributed by atoms with E-state index in [0.29, 0.717) is 12.1 Å². The molecule has 22 heavy (non-hydrogen) atoms. The zero-order chi connectivity index (χ0) is 14.7. The van der Waals surface area contributed by atoms with Crippen molar-refractivity contribution in [3.05, 3.63) is 23.9 Å². The summed E-state index contributed by atoms with van der Waals surface area (Å²) in [5, 5.41) is 11.9. The third kappa shape index (κ3) is 3.55. The lowest BCUT2D eigenvalue weighted by Gasteiger charge is -2.30. The van der Waals surface area contributed by atoms with Gasteiger partial charge in [-0.2, -0.15) is 5.10 Å². The smallest absolute Gasteiger partial charge is 0.123 e. The number of aryl methyl sites for hydroxylation is 1. The minimum atomic E-state index is 0. The summed E-state index contributed by atoms with van der Waals surface area (Å²) in [4.78, 5) is 0. The second-order valence-corrected chi connectivity index (χ2v) is 5.89. The van der Waals surface area contributed by atoms with Gasteiger partial charge in [0.15, 0.2) is 0 Å². The summed E-state index contributed by atoms with van der Waals surface area (Å²) < 4.78 is 6.35. The maximum Gasteiger partial charge on any atom is 0.123 e. The van der Waals surface area contributed by atoms with Crippen molar-refractivity contribution in [2.45, 2.75) is 58.1 Å². The van der Waals surface area contributed by atoms with Crippen LogP contribution >= 0.6 is 12.4 Å². The molecular weight excluding hydrogens is 298 g/mol. The molecule has 1 aliphatic carbocycles. The molecule has 0 spiro atoms. The van der Waals surface area contributed by atoms with E-state index in [4.69, 9.17) is 4.74 Å². The fraction of sp³-hybridized carbons (Fsp3) is 0.588. The maximum absolute atomic E-state index is 6.35. The molecule has 1 aliphatic rings. The summed E-state index contributed by atoms with van der Waals surface area (Å²) in [6.45, 7) is 5.39. The lowest BCUT2D eigenvalue weighted by Crippen LogP contribution is -2.38. The molecule has 1 aromatic carbocycles. The van der Waals surface area contributed by atoms with Gasteiger partial charge in [0, 0.05) is 17.0 Å². The topological polar surface area (TPSA) is 49.9 Å². The minimum absolute atomic E-state index is 0. The highest BCUT2D eigenvalue weighted by Crippen LogP contribution is 2.31. The molecule has 2 N–H and O–H groups in total. The monoisotopic (exact) mass is 323 g/mol. The van der Waals surface area contributed by atoms with Crippen LogP contribution in [-0.4, -0.2) is 28.9 Å². The molecule has 0 saturated heterocycles. The number of hydrogen-bond acceptors (Lipinski definition) is 3. The molecule has 2 atom stereocenters. The van der Waals surface area contributed by atoms with Gasteiger partial charge in [-0.3, -0.25) is 5.10 Å². The van der Waals surface area contributed by atoms with Crippen LogP contribution in [0.2, 0.25) is 0 Å². The Bertz CT molecular complexity index is 597. The predicted molar refractivity (Wildman–Crippen MR) is 93.1 cm³/mol. The average molecular weight is 324 g/mol. The fourth-order valence-corrected chi connectivity index (χ4v) is 3.44. The van der Waals surface area contributed by atoms with E-state index in [1.165, 1.54) is 23.8 Å². The van der Waals surface area contributed by atoms with E-state index in [1.54, 1.807) is 0 Å². The van der Waals surface area contributed by atoms with Gasteiger partial charge in [-0.25, -0.2) is 0 Å². The molecule has 4 nitrogen and oxygen atoms in total. The third-order valence-electron chi connectivity index (χ3n) is 4.46. The highest BCUT2D eigenvalue weighted by atomic mass is 35.5. The molecule has 0 unspecified atom stereocenters.